The average Bonchev–Trinajstić information content (AvgIpc) is 2.53. The van der Waals surface area contributed by atoms with E-state index in [2.05, 4.69) is 6.92 Å². The van der Waals surface area contributed by atoms with Gasteiger partial charge in [-0.05, 0) is 38.2 Å². The van der Waals surface area contributed by atoms with Gasteiger partial charge in [0.1, 0.15) is 6.61 Å². The molecular formula is C18H25NO4. The van der Waals surface area contributed by atoms with Gasteiger partial charge in [0.15, 0.2) is 0 Å². The summed E-state index contributed by atoms with van der Waals surface area (Å²) in [5, 5.41) is 9.51. The van der Waals surface area contributed by atoms with Gasteiger partial charge < -0.3 is 14.7 Å². The summed E-state index contributed by atoms with van der Waals surface area (Å²) in [5.41, 5.74) is -0.0826. The van der Waals surface area contributed by atoms with Crippen LogP contribution in [-0.2, 0) is 16.1 Å². The second-order valence-corrected chi connectivity index (χ2v) is 6.91. The van der Waals surface area contributed by atoms with Crippen LogP contribution in [0.4, 0.5) is 4.79 Å². The first-order valence-electron chi connectivity index (χ1n) is 8.03. The minimum absolute atomic E-state index is 0.200. The van der Waals surface area contributed by atoms with E-state index >= 15 is 0 Å². The molecule has 1 heterocycles. The van der Waals surface area contributed by atoms with E-state index in [1.165, 1.54) is 0 Å². The molecule has 0 saturated carbocycles. The Morgan fingerprint density at radius 1 is 1.30 bits per heavy atom. The second-order valence-electron chi connectivity index (χ2n) is 6.91. The summed E-state index contributed by atoms with van der Waals surface area (Å²) in [6, 6.07) is 9.12. The van der Waals surface area contributed by atoms with Crippen LogP contribution in [-0.4, -0.2) is 34.7 Å². The number of carbonyl (C=O) groups is 2. The van der Waals surface area contributed by atoms with Crippen molar-refractivity contribution in [2.45, 2.75) is 46.3 Å². The van der Waals surface area contributed by atoms with Crippen molar-refractivity contribution < 1.29 is 19.4 Å². The molecule has 1 N–H and O–H groups in total. The van der Waals surface area contributed by atoms with Gasteiger partial charge in [-0.25, -0.2) is 4.79 Å². The molecule has 1 fully saturated rings. The van der Waals surface area contributed by atoms with E-state index in [1.807, 2.05) is 30.3 Å². The van der Waals surface area contributed by atoms with Crippen LogP contribution in [0.1, 0.15) is 39.2 Å². The number of likely N-dealkylation sites (tertiary alicyclic amines) is 1. The Morgan fingerprint density at radius 2 is 1.96 bits per heavy atom. The zero-order chi connectivity index (χ0) is 17.0. The molecule has 0 radical (unpaired) electrons. The van der Waals surface area contributed by atoms with Crippen LogP contribution >= 0.6 is 0 Å². The fourth-order valence-corrected chi connectivity index (χ4v) is 2.99. The minimum Gasteiger partial charge on any atom is -0.481 e. The van der Waals surface area contributed by atoms with Crippen LogP contribution in [0, 0.1) is 11.3 Å². The maximum absolute atomic E-state index is 12.5. The molecule has 0 aromatic heterocycles. The van der Waals surface area contributed by atoms with Crippen molar-refractivity contribution >= 4 is 12.1 Å². The van der Waals surface area contributed by atoms with Gasteiger partial charge in [0.2, 0.25) is 0 Å². The molecule has 0 spiro atoms. The molecule has 0 bridgehead atoms. The fourth-order valence-electron chi connectivity index (χ4n) is 2.99. The lowest BCUT2D eigenvalue weighted by atomic mass is 9.76. The number of piperidine rings is 1. The van der Waals surface area contributed by atoms with E-state index in [0.29, 0.717) is 18.9 Å². The van der Waals surface area contributed by atoms with E-state index in [1.54, 1.807) is 18.7 Å². The van der Waals surface area contributed by atoms with Crippen molar-refractivity contribution in [3.05, 3.63) is 35.9 Å². The Hall–Kier alpha value is -2.04. The normalized spacial score (nSPS) is 21.8. The lowest BCUT2D eigenvalue weighted by Gasteiger charge is -2.44. The average molecular weight is 319 g/mol. The lowest BCUT2D eigenvalue weighted by molar-refractivity contribution is -0.151. The maximum Gasteiger partial charge on any atom is 0.410 e. The molecular weight excluding hydrogens is 294 g/mol. The SMILES string of the molecule is C[C@@H]1CCN(C(=O)OCc2ccccc2)[C@H](C(C)(C)C(=O)O)C1. The zero-order valence-corrected chi connectivity index (χ0v) is 14.0. The van der Waals surface area contributed by atoms with Crippen molar-refractivity contribution in [3.8, 4) is 0 Å². The number of hydrogen-bond donors (Lipinski definition) is 1. The van der Waals surface area contributed by atoms with Gasteiger partial charge in [0, 0.05) is 6.54 Å². The Labute approximate surface area is 137 Å². The first-order valence-corrected chi connectivity index (χ1v) is 8.03. The number of nitrogens with zero attached hydrogens (tertiary/aromatic N) is 1. The van der Waals surface area contributed by atoms with Gasteiger partial charge in [-0.2, -0.15) is 0 Å². The van der Waals surface area contributed by atoms with Gasteiger partial charge in [-0.3, -0.25) is 4.79 Å². The number of hydrogen-bond acceptors (Lipinski definition) is 3. The third-order valence-corrected chi connectivity index (χ3v) is 4.69. The Balaban J connectivity index is 2.08. The number of benzene rings is 1. The number of aliphatic carboxylic acids is 1. The number of ether oxygens (including phenoxy) is 1. The molecule has 1 saturated heterocycles. The highest BCUT2D eigenvalue weighted by Crippen LogP contribution is 2.35. The molecule has 0 aliphatic carbocycles. The van der Waals surface area contributed by atoms with Gasteiger partial charge in [0.05, 0.1) is 11.5 Å². The predicted molar refractivity (Wildman–Crippen MR) is 86.9 cm³/mol. The number of rotatable bonds is 4. The van der Waals surface area contributed by atoms with Crippen LogP contribution in [0.15, 0.2) is 30.3 Å². The quantitative estimate of drug-likeness (QED) is 0.922. The lowest BCUT2D eigenvalue weighted by Crippen LogP contribution is -2.55. The van der Waals surface area contributed by atoms with E-state index < -0.39 is 17.5 Å². The molecule has 1 aromatic carbocycles. The second kappa shape index (κ2) is 7.02. The van der Waals surface area contributed by atoms with Gasteiger partial charge in [0.25, 0.3) is 0 Å². The Bertz CT molecular complexity index is 555. The molecule has 1 aliphatic heterocycles. The number of carbonyl (C=O) groups excluding carboxylic acids is 1. The molecule has 1 aliphatic rings. The summed E-state index contributed by atoms with van der Waals surface area (Å²) < 4.78 is 5.40. The first kappa shape index (κ1) is 17.3. The molecule has 2 rings (SSSR count). The molecule has 5 nitrogen and oxygen atoms in total. The van der Waals surface area contributed by atoms with Crippen LogP contribution in [0.5, 0.6) is 0 Å². The summed E-state index contributed by atoms with van der Waals surface area (Å²) in [5.74, 6) is -0.491. The van der Waals surface area contributed by atoms with Gasteiger partial charge in [-0.1, -0.05) is 37.3 Å². The molecule has 1 amide bonds. The Kier molecular flexibility index (Phi) is 5.29. The zero-order valence-electron chi connectivity index (χ0n) is 14.0. The van der Waals surface area contributed by atoms with Crippen LogP contribution in [0.3, 0.4) is 0 Å². The topological polar surface area (TPSA) is 66.8 Å². The molecule has 23 heavy (non-hydrogen) atoms. The maximum atomic E-state index is 12.5. The predicted octanol–water partition coefficient (Wildman–Crippen LogP) is 3.53. The van der Waals surface area contributed by atoms with E-state index in [0.717, 1.165) is 12.0 Å². The number of carboxylic acids is 1. The van der Waals surface area contributed by atoms with Crippen molar-refractivity contribution in [2.24, 2.45) is 11.3 Å². The first-order chi connectivity index (χ1) is 10.8. The number of amides is 1. The summed E-state index contributed by atoms with van der Waals surface area (Å²) in [6.45, 7) is 6.19. The van der Waals surface area contributed by atoms with E-state index in [9.17, 15) is 14.7 Å². The van der Waals surface area contributed by atoms with Crippen LogP contribution < -0.4 is 0 Å². The summed E-state index contributed by atoms with van der Waals surface area (Å²) in [6.07, 6.45) is 1.12. The summed E-state index contributed by atoms with van der Waals surface area (Å²) in [4.78, 5) is 25.7. The van der Waals surface area contributed by atoms with E-state index in [4.69, 9.17) is 4.74 Å². The highest BCUT2D eigenvalue weighted by Gasteiger charge is 2.45. The molecule has 126 valence electrons. The Morgan fingerprint density at radius 3 is 2.57 bits per heavy atom. The van der Waals surface area contributed by atoms with Crippen molar-refractivity contribution in [2.75, 3.05) is 6.54 Å². The third kappa shape index (κ3) is 4.03. The monoisotopic (exact) mass is 319 g/mol. The van der Waals surface area contributed by atoms with Crippen molar-refractivity contribution in [1.29, 1.82) is 0 Å². The molecule has 1 aromatic rings. The fraction of sp³-hybridized carbons (Fsp3) is 0.556. The largest absolute Gasteiger partial charge is 0.481 e. The van der Waals surface area contributed by atoms with Gasteiger partial charge in [-0.15, -0.1) is 0 Å². The molecule has 0 unspecified atom stereocenters. The molecule has 5 heteroatoms. The minimum atomic E-state index is -1.000. The smallest absolute Gasteiger partial charge is 0.410 e. The van der Waals surface area contributed by atoms with E-state index in [-0.39, 0.29) is 12.6 Å². The number of carboxylic acid groups (broad SMARTS) is 1. The van der Waals surface area contributed by atoms with Crippen molar-refractivity contribution in [3.63, 3.8) is 0 Å². The third-order valence-electron chi connectivity index (χ3n) is 4.69. The molecule has 2 atom stereocenters. The van der Waals surface area contributed by atoms with Crippen LogP contribution in [0.2, 0.25) is 0 Å². The van der Waals surface area contributed by atoms with Crippen LogP contribution in [0.25, 0.3) is 0 Å². The van der Waals surface area contributed by atoms with Gasteiger partial charge >= 0.3 is 12.1 Å². The standard InChI is InChI=1S/C18H25NO4/c1-13-9-10-19(15(11-13)18(2,3)16(20)21)17(22)23-12-14-7-5-4-6-8-14/h4-8,13,15H,9-12H2,1-3H3,(H,20,21)/t13-,15+/m1/s1. The summed E-state index contributed by atoms with van der Waals surface area (Å²) >= 11 is 0. The van der Waals surface area contributed by atoms with Crippen molar-refractivity contribution in [1.82, 2.24) is 4.90 Å². The highest BCUT2D eigenvalue weighted by atomic mass is 16.6. The highest BCUT2D eigenvalue weighted by molar-refractivity contribution is 5.76. The summed E-state index contributed by atoms with van der Waals surface area (Å²) in [7, 11) is 0.